The van der Waals surface area contributed by atoms with Crippen LogP contribution >= 0.6 is 0 Å². The molecule has 1 aliphatic heterocycles. The van der Waals surface area contributed by atoms with Crippen molar-refractivity contribution in [1.82, 2.24) is 20.3 Å². The average Bonchev–Trinajstić information content (AvgIpc) is 3.11. The fourth-order valence-corrected chi connectivity index (χ4v) is 2.82. The number of aromatic nitrogens is 3. The number of hydrogen-bond acceptors (Lipinski definition) is 5. The number of rotatable bonds is 5. The molecule has 0 aliphatic carbocycles. The Bertz CT molecular complexity index is 632. The van der Waals surface area contributed by atoms with Crippen LogP contribution in [0.1, 0.15) is 25.0 Å². The van der Waals surface area contributed by atoms with Gasteiger partial charge in [0.1, 0.15) is 17.0 Å². The van der Waals surface area contributed by atoms with Gasteiger partial charge in [0.25, 0.3) is 0 Å². The van der Waals surface area contributed by atoms with E-state index in [2.05, 4.69) is 15.4 Å². The minimum absolute atomic E-state index is 0.0254. The van der Waals surface area contributed by atoms with Gasteiger partial charge in [-0.1, -0.05) is 18.2 Å². The highest BCUT2D eigenvalue weighted by Crippen LogP contribution is 2.29. The van der Waals surface area contributed by atoms with E-state index >= 15 is 0 Å². The van der Waals surface area contributed by atoms with Crippen molar-refractivity contribution in [2.75, 3.05) is 19.7 Å². The molecule has 0 spiro atoms. The molecule has 2 aromatic rings. The van der Waals surface area contributed by atoms with Gasteiger partial charge in [0.2, 0.25) is 5.91 Å². The molecule has 1 atom stereocenters. The van der Waals surface area contributed by atoms with E-state index in [1.54, 1.807) is 4.90 Å². The van der Waals surface area contributed by atoms with E-state index in [1.165, 1.54) is 6.20 Å². The Morgan fingerprint density at radius 1 is 1.39 bits per heavy atom. The molecule has 1 amide bonds. The zero-order valence-electron chi connectivity index (χ0n) is 12.8. The third-order valence-corrected chi connectivity index (χ3v) is 4.04. The van der Waals surface area contributed by atoms with Gasteiger partial charge in [0.05, 0.1) is 25.8 Å². The number of carbonyl (C=O) groups excluding carboxylic acids is 1. The second kappa shape index (κ2) is 6.78. The third kappa shape index (κ3) is 3.68. The van der Waals surface area contributed by atoms with Crippen LogP contribution < -0.4 is 4.74 Å². The number of aromatic amines is 1. The minimum atomic E-state index is -1.12. The van der Waals surface area contributed by atoms with Crippen molar-refractivity contribution in [3.63, 3.8) is 0 Å². The lowest BCUT2D eigenvalue weighted by Crippen LogP contribution is -2.49. The van der Waals surface area contributed by atoms with Gasteiger partial charge in [-0.25, -0.2) is 0 Å². The molecule has 1 aromatic heterocycles. The molecule has 3 rings (SSSR count). The van der Waals surface area contributed by atoms with Crippen molar-refractivity contribution in [2.24, 2.45) is 0 Å². The maximum atomic E-state index is 12.3. The number of carbonyl (C=O) groups is 1. The standard InChI is InChI=1S/C16H20N4O3/c21-15(7-10-23-13-5-2-1-3-6-13)20-9-4-8-16(22,12-20)14-11-17-19-18-14/h1-3,5-6,11,22H,4,7-10,12H2,(H,17,18,19). The van der Waals surface area contributed by atoms with Gasteiger partial charge in [-0.3, -0.25) is 4.79 Å². The number of aliphatic hydroxyl groups is 1. The van der Waals surface area contributed by atoms with E-state index in [1.807, 2.05) is 30.3 Å². The fraction of sp³-hybridized carbons (Fsp3) is 0.438. The predicted molar refractivity (Wildman–Crippen MR) is 82.6 cm³/mol. The number of β-amino-alcohol motifs (C(OH)–C–C–N with tert-alkyl or cyclic N) is 1. The zero-order valence-corrected chi connectivity index (χ0v) is 12.8. The lowest BCUT2D eigenvalue weighted by molar-refractivity contribution is -0.139. The topological polar surface area (TPSA) is 91.3 Å². The summed E-state index contributed by atoms with van der Waals surface area (Å²) in [5, 5.41) is 20.9. The highest BCUT2D eigenvalue weighted by atomic mass is 16.5. The number of likely N-dealkylation sites (tertiary alicyclic amines) is 1. The first kappa shape index (κ1) is 15.5. The monoisotopic (exact) mass is 316 g/mol. The largest absolute Gasteiger partial charge is 0.493 e. The normalized spacial score (nSPS) is 21.2. The van der Waals surface area contributed by atoms with Crippen LogP contribution in [0.15, 0.2) is 36.5 Å². The highest BCUT2D eigenvalue weighted by Gasteiger charge is 2.38. The Labute approximate surface area is 134 Å². The summed E-state index contributed by atoms with van der Waals surface area (Å²) in [5.41, 5.74) is -0.642. The van der Waals surface area contributed by atoms with Crippen molar-refractivity contribution in [1.29, 1.82) is 0 Å². The van der Waals surface area contributed by atoms with Crippen molar-refractivity contribution in [3.8, 4) is 5.75 Å². The fourth-order valence-electron chi connectivity index (χ4n) is 2.82. The summed E-state index contributed by atoms with van der Waals surface area (Å²) < 4.78 is 5.55. The van der Waals surface area contributed by atoms with Crippen molar-refractivity contribution >= 4 is 5.91 Å². The number of nitrogens with one attached hydrogen (secondary N) is 1. The van der Waals surface area contributed by atoms with Gasteiger partial charge in [-0.15, -0.1) is 0 Å². The molecule has 0 radical (unpaired) electrons. The molecule has 0 saturated carbocycles. The molecule has 2 N–H and O–H groups in total. The minimum Gasteiger partial charge on any atom is -0.493 e. The Hall–Kier alpha value is -2.41. The van der Waals surface area contributed by atoms with Gasteiger partial charge in [-0.05, 0) is 25.0 Å². The van der Waals surface area contributed by atoms with Crippen LogP contribution in [-0.2, 0) is 10.4 Å². The second-order valence-corrected chi connectivity index (χ2v) is 5.72. The summed E-state index contributed by atoms with van der Waals surface area (Å²) >= 11 is 0. The lowest BCUT2D eigenvalue weighted by atomic mass is 9.90. The number of H-pyrrole nitrogens is 1. The van der Waals surface area contributed by atoms with Gasteiger partial charge in [0.15, 0.2) is 0 Å². The molecule has 2 heterocycles. The average molecular weight is 316 g/mol. The molecule has 1 unspecified atom stereocenters. The number of benzene rings is 1. The number of nitrogens with zero attached hydrogens (tertiary/aromatic N) is 3. The predicted octanol–water partition coefficient (Wildman–Crippen LogP) is 1.08. The zero-order chi connectivity index (χ0) is 16.1. The highest BCUT2D eigenvalue weighted by molar-refractivity contribution is 5.76. The summed E-state index contributed by atoms with van der Waals surface area (Å²) in [6.07, 6.45) is 3.09. The van der Waals surface area contributed by atoms with Gasteiger partial charge in [-0.2, -0.15) is 15.4 Å². The first-order valence-corrected chi connectivity index (χ1v) is 7.72. The summed E-state index contributed by atoms with van der Waals surface area (Å²) in [6.45, 7) is 1.20. The van der Waals surface area contributed by atoms with Crippen LogP contribution in [0.5, 0.6) is 5.75 Å². The van der Waals surface area contributed by atoms with Crippen molar-refractivity contribution in [2.45, 2.75) is 24.9 Å². The lowest BCUT2D eigenvalue weighted by Gasteiger charge is -2.38. The molecule has 1 aromatic carbocycles. The summed E-state index contributed by atoms with van der Waals surface area (Å²) in [4.78, 5) is 14.0. The molecular formula is C16H20N4O3. The van der Waals surface area contributed by atoms with Crippen LogP contribution in [0, 0.1) is 0 Å². The number of hydrogen-bond donors (Lipinski definition) is 2. The molecule has 7 heteroatoms. The SMILES string of the molecule is O=C(CCOc1ccccc1)N1CCCC(O)(c2cn[nH]n2)C1. The number of ether oxygens (including phenoxy) is 1. The van der Waals surface area contributed by atoms with Crippen LogP contribution in [-0.4, -0.2) is 51.0 Å². The molecular weight excluding hydrogens is 296 g/mol. The van der Waals surface area contributed by atoms with Crippen molar-refractivity contribution in [3.05, 3.63) is 42.2 Å². The van der Waals surface area contributed by atoms with E-state index in [-0.39, 0.29) is 18.9 Å². The molecule has 1 aliphatic rings. The van der Waals surface area contributed by atoms with Crippen LogP contribution in [0.3, 0.4) is 0 Å². The third-order valence-electron chi connectivity index (χ3n) is 4.04. The molecule has 1 saturated heterocycles. The van der Waals surface area contributed by atoms with Gasteiger partial charge < -0.3 is 14.7 Å². The molecule has 23 heavy (non-hydrogen) atoms. The summed E-state index contributed by atoms with van der Waals surface area (Å²) in [7, 11) is 0. The Kier molecular flexibility index (Phi) is 4.57. The van der Waals surface area contributed by atoms with Crippen LogP contribution in [0.2, 0.25) is 0 Å². The summed E-state index contributed by atoms with van der Waals surface area (Å²) in [5.74, 6) is 0.723. The van der Waals surface area contributed by atoms with E-state index in [4.69, 9.17) is 4.74 Å². The Morgan fingerprint density at radius 2 is 2.22 bits per heavy atom. The van der Waals surface area contributed by atoms with Crippen LogP contribution in [0.25, 0.3) is 0 Å². The molecule has 0 bridgehead atoms. The van der Waals surface area contributed by atoms with E-state index in [0.717, 1.165) is 12.2 Å². The maximum Gasteiger partial charge on any atom is 0.226 e. The van der Waals surface area contributed by atoms with Gasteiger partial charge in [0, 0.05) is 6.54 Å². The number of amides is 1. The summed E-state index contributed by atoms with van der Waals surface area (Å²) in [6, 6.07) is 9.40. The van der Waals surface area contributed by atoms with Gasteiger partial charge >= 0.3 is 0 Å². The van der Waals surface area contributed by atoms with Crippen molar-refractivity contribution < 1.29 is 14.6 Å². The quantitative estimate of drug-likeness (QED) is 0.861. The molecule has 7 nitrogen and oxygen atoms in total. The Balaban J connectivity index is 1.53. The number of piperidine rings is 1. The maximum absolute atomic E-state index is 12.3. The van der Waals surface area contributed by atoms with E-state index in [9.17, 15) is 9.90 Å². The first-order chi connectivity index (χ1) is 11.2. The Morgan fingerprint density at radius 3 is 2.96 bits per heavy atom. The van der Waals surface area contributed by atoms with Crippen LogP contribution in [0.4, 0.5) is 0 Å². The van der Waals surface area contributed by atoms with E-state index < -0.39 is 5.60 Å². The first-order valence-electron chi connectivity index (χ1n) is 7.72. The second-order valence-electron chi connectivity index (χ2n) is 5.72. The van der Waals surface area contributed by atoms with E-state index in [0.29, 0.717) is 25.3 Å². The molecule has 122 valence electrons. The molecule has 1 fully saturated rings. The smallest absolute Gasteiger partial charge is 0.226 e. The number of para-hydroxylation sites is 1.